The maximum absolute atomic E-state index is 12.2. The van der Waals surface area contributed by atoms with Gasteiger partial charge in [-0.25, -0.2) is 5.43 Å². The molecule has 0 radical (unpaired) electrons. The highest BCUT2D eigenvalue weighted by atomic mass is 35.5. The molecule has 2 N–H and O–H groups in total. The zero-order chi connectivity index (χ0) is 18.5. The lowest BCUT2D eigenvalue weighted by molar-refractivity contribution is 0.0950. The SMILES string of the molecule is CCc1ccc(-c2cc(C(=O)N/N=C\c3c(Cl)cccc3Cl)[nH]n2)cc1. The molecule has 0 fully saturated rings. The number of hydrogen-bond acceptors (Lipinski definition) is 3. The minimum Gasteiger partial charge on any atom is -0.272 e. The number of hydrazone groups is 1. The second-order valence-electron chi connectivity index (χ2n) is 5.55. The summed E-state index contributed by atoms with van der Waals surface area (Å²) in [6.07, 6.45) is 2.38. The molecule has 0 unspecified atom stereocenters. The van der Waals surface area contributed by atoms with Crippen molar-refractivity contribution in [3.63, 3.8) is 0 Å². The second kappa shape index (κ2) is 8.17. The Bertz CT molecular complexity index is 928. The van der Waals surface area contributed by atoms with Gasteiger partial charge >= 0.3 is 0 Å². The van der Waals surface area contributed by atoms with E-state index < -0.39 is 5.91 Å². The Balaban J connectivity index is 1.69. The molecule has 26 heavy (non-hydrogen) atoms. The van der Waals surface area contributed by atoms with Crippen LogP contribution in [0.1, 0.15) is 28.5 Å². The molecular formula is C19H16Cl2N4O. The molecule has 7 heteroatoms. The third-order valence-electron chi connectivity index (χ3n) is 3.84. The number of hydrogen-bond donors (Lipinski definition) is 2. The number of aromatic amines is 1. The number of amides is 1. The number of carbonyl (C=O) groups excluding carboxylic acids is 1. The number of H-pyrrole nitrogens is 1. The zero-order valence-electron chi connectivity index (χ0n) is 14.0. The largest absolute Gasteiger partial charge is 0.289 e. The van der Waals surface area contributed by atoms with Crippen LogP contribution in [0.15, 0.2) is 53.6 Å². The van der Waals surface area contributed by atoms with Crippen LogP contribution in [0.2, 0.25) is 10.0 Å². The monoisotopic (exact) mass is 386 g/mol. The zero-order valence-corrected chi connectivity index (χ0v) is 15.5. The lowest BCUT2D eigenvalue weighted by Crippen LogP contribution is -2.18. The molecule has 0 aliphatic rings. The number of nitrogens with one attached hydrogen (secondary N) is 2. The van der Waals surface area contributed by atoms with Gasteiger partial charge in [0.1, 0.15) is 5.69 Å². The maximum atomic E-state index is 12.2. The van der Waals surface area contributed by atoms with E-state index in [9.17, 15) is 4.79 Å². The molecule has 1 heterocycles. The summed E-state index contributed by atoms with van der Waals surface area (Å²) in [5, 5.41) is 11.7. The summed E-state index contributed by atoms with van der Waals surface area (Å²) in [5.74, 6) is -0.409. The minimum absolute atomic E-state index is 0.307. The third-order valence-corrected chi connectivity index (χ3v) is 4.50. The molecule has 3 aromatic rings. The predicted octanol–water partition coefficient (Wildman–Crippen LogP) is 4.71. The van der Waals surface area contributed by atoms with E-state index in [0.29, 0.717) is 27.0 Å². The Kier molecular flexibility index (Phi) is 5.71. The Morgan fingerprint density at radius 2 is 1.88 bits per heavy atom. The van der Waals surface area contributed by atoms with Crippen molar-refractivity contribution in [3.05, 3.63) is 75.4 Å². The van der Waals surface area contributed by atoms with Crippen LogP contribution in [0.25, 0.3) is 11.3 Å². The van der Waals surface area contributed by atoms with Crippen molar-refractivity contribution in [2.24, 2.45) is 5.10 Å². The topological polar surface area (TPSA) is 70.1 Å². The maximum Gasteiger partial charge on any atom is 0.289 e. The number of aryl methyl sites for hydroxylation is 1. The fraction of sp³-hybridized carbons (Fsp3) is 0.105. The van der Waals surface area contributed by atoms with Crippen LogP contribution in [0.5, 0.6) is 0 Å². The predicted molar refractivity (Wildman–Crippen MR) is 105 cm³/mol. The van der Waals surface area contributed by atoms with E-state index in [1.165, 1.54) is 11.8 Å². The molecule has 0 aliphatic carbocycles. The molecule has 0 saturated carbocycles. The Morgan fingerprint density at radius 3 is 2.54 bits per heavy atom. The fourth-order valence-corrected chi connectivity index (χ4v) is 2.84. The Morgan fingerprint density at radius 1 is 1.19 bits per heavy atom. The van der Waals surface area contributed by atoms with Gasteiger partial charge in [0.05, 0.1) is 22.0 Å². The molecule has 0 bridgehead atoms. The van der Waals surface area contributed by atoms with E-state index in [1.54, 1.807) is 24.3 Å². The first-order chi connectivity index (χ1) is 12.6. The van der Waals surface area contributed by atoms with Gasteiger partial charge in [-0.1, -0.05) is 60.5 Å². The van der Waals surface area contributed by atoms with Crippen molar-refractivity contribution in [3.8, 4) is 11.3 Å². The number of benzene rings is 2. The highest BCUT2D eigenvalue weighted by Crippen LogP contribution is 2.22. The average molecular weight is 387 g/mol. The van der Waals surface area contributed by atoms with Crippen LogP contribution in [-0.2, 0) is 6.42 Å². The third kappa shape index (κ3) is 4.12. The van der Waals surface area contributed by atoms with E-state index in [1.807, 2.05) is 24.3 Å². The number of carbonyl (C=O) groups is 1. The number of rotatable bonds is 5. The number of halogens is 2. The van der Waals surface area contributed by atoms with Crippen molar-refractivity contribution in [2.45, 2.75) is 13.3 Å². The molecule has 3 rings (SSSR count). The van der Waals surface area contributed by atoms with Crippen LogP contribution in [-0.4, -0.2) is 22.3 Å². The smallest absolute Gasteiger partial charge is 0.272 e. The summed E-state index contributed by atoms with van der Waals surface area (Å²) in [6, 6.07) is 14.8. The molecule has 0 spiro atoms. The molecule has 1 aromatic heterocycles. The average Bonchev–Trinajstić information content (AvgIpc) is 3.14. The summed E-state index contributed by atoms with van der Waals surface area (Å²) in [4.78, 5) is 12.2. The summed E-state index contributed by atoms with van der Waals surface area (Å²) in [7, 11) is 0. The van der Waals surface area contributed by atoms with Crippen LogP contribution in [0, 0.1) is 0 Å². The standard InChI is InChI=1S/C19H16Cl2N4O/c1-2-12-6-8-13(9-7-12)17-10-18(24-23-17)19(26)25-22-11-14-15(20)4-3-5-16(14)21/h3-11H,2H2,1H3,(H,23,24)(H,25,26)/b22-11-. The van der Waals surface area contributed by atoms with Crippen molar-refractivity contribution < 1.29 is 4.79 Å². The van der Waals surface area contributed by atoms with E-state index in [0.717, 1.165) is 12.0 Å². The minimum atomic E-state index is -0.409. The van der Waals surface area contributed by atoms with Gasteiger partial charge in [0.25, 0.3) is 5.91 Å². The van der Waals surface area contributed by atoms with Gasteiger partial charge in [-0.3, -0.25) is 9.89 Å². The van der Waals surface area contributed by atoms with Crippen LogP contribution in [0.3, 0.4) is 0 Å². The molecule has 0 atom stereocenters. The van der Waals surface area contributed by atoms with Crippen molar-refractivity contribution in [2.75, 3.05) is 0 Å². The second-order valence-corrected chi connectivity index (χ2v) is 6.37. The first-order valence-electron chi connectivity index (χ1n) is 8.00. The van der Waals surface area contributed by atoms with Gasteiger partial charge in [-0.2, -0.15) is 10.2 Å². The molecule has 5 nitrogen and oxygen atoms in total. The first kappa shape index (κ1) is 18.2. The van der Waals surface area contributed by atoms with Crippen LogP contribution < -0.4 is 5.43 Å². The van der Waals surface area contributed by atoms with Gasteiger partial charge < -0.3 is 0 Å². The fourth-order valence-electron chi connectivity index (χ4n) is 2.35. The summed E-state index contributed by atoms with van der Waals surface area (Å²) < 4.78 is 0. The van der Waals surface area contributed by atoms with Crippen LogP contribution >= 0.6 is 23.2 Å². The molecular weight excluding hydrogens is 371 g/mol. The molecule has 2 aromatic carbocycles. The van der Waals surface area contributed by atoms with Crippen LogP contribution in [0.4, 0.5) is 0 Å². The summed E-state index contributed by atoms with van der Waals surface area (Å²) in [6.45, 7) is 2.10. The molecule has 132 valence electrons. The summed E-state index contributed by atoms with van der Waals surface area (Å²) >= 11 is 12.1. The summed E-state index contributed by atoms with van der Waals surface area (Å²) in [5.41, 5.74) is 6.14. The number of aromatic nitrogens is 2. The van der Waals surface area contributed by atoms with Gasteiger partial charge in [0, 0.05) is 11.1 Å². The highest BCUT2D eigenvalue weighted by Gasteiger charge is 2.10. The lowest BCUT2D eigenvalue weighted by atomic mass is 10.1. The Hall–Kier alpha value is -2.63. The van der Waals surface area contributed by atoms with E-state index in [2.05, 4.69) is 27.6 Å². The highest BCUT2D eigenvalue weighted by molar-refractivity contribution is 6.38. The van der Waals surface area contributed by atoms with Crippen molar-refractivity contribution in [1.29, 1.82) is 0 Å². The van der Waals surface area contributed by atoms with E-state index in [4.69, 9.17) is 23.2 Å². The molecule has 0 saturated heterocycles. The van der Waals surface area contributed by atoms with E-state index in [-0.39, 0.29) is 0 Å². The first-order valence-corrected chi connectivity index (χ1v) is 8.76. The molecule has 0 aliphatic heterocycles. The number of nitrogens with zero attached hydrogens (tertiary/aromatic N) is 2. The van der Waals surface area contributed by atoms with Gasteiger partial charge in [0.15, 0.2) is 0 Å². The van der Waals surface area contributed by atoms with Gasteiger partial charge in [-0.15, -0.1) is 0 Å². The Labute approximate surface area is 161 Å². The lowest BCUT2D eigenvalue weighted by Gasteiger charge is -2.00. The molecule has 1 amide bonds. The van der Waals surface area contributed by atoms with Crippen molar-refractivity contribution >= 4 is 35.3 Å². The van der Waals surface area contributed by atoms with Gasteiger partial charge in [0.2, 0.25) is 0 Å². The van der Waals surface area contributed by atoms with E-state index >= 15 is 0 Å². The quantitative estimate of drug-likeness (QED) is 0.492. The van der Waals surface area contributed by atoms with Crippen molar-refractivity contribution in [1.82, 2.24) is 15.6 Å². The normalized spacial score (nSPS) is 11.0. The van der Waals surface area contributed by atoms with Gasteiger partial charge in [-0.05, 0) is 30.2 Å².